The first-order valence-corrected chi connectivity index (χ1v) is 11.5. The van der Waals surface area contributed by atoms with E-state index < -0.39 is 11.5 Å². The number of rotatable bonds is 8. The van der Waals surface area contributed by atoms with Gasteiger partial charge in [0.2, 0.25) is 5.91 Å². The van der Waals surface area contributed by atoms with Gasteiger partial charge in [-0.3, -0.25) is 4.79 Å². The Labute approximate surface area is 200 Å². The minimum Gasteiger partial charge on any atom is -0.502 e. The predicted octanol–water partition coefficient (Wildman–Crippen LogP) is 6.58. The number of amides is 1. The van der Waals surface area contributed by atoms with E-state index in [9.17, 15) is 9.59 Å². The van der Waals surface area contributed by atoms with Gasteiger partial charge in [-0.05, 0) is 48.2 Å². The van der Waals surface area contributed by atoms with Crippen LogP contribution >= 0.6 is 23.2 Å². The molecule has 1 fully saturated rings. The summed E-state index contributed by atoms with van der Waals surface area (Å²) in [6.45, 7) is 7.80. The summed E-state index contributed by atoms with van der Waals surface area (Å²) in [4.78, 5) is 27.8. The molecule has 0 aromatic heterocycles. The number of hydrogen-bond donors (Lipinski definition) is 0. The molecule has 0 unspecified atom stereocenters. The Hall–Kier alpha value is -2.30. The zero-order valence-electron chi connectivity index (χ0n) is 18.7. The molecule has 0 aliphatic carbocycles. The van der Waals surface area contributed by atoms with Crippen LogP contribution in [0.4, 0.5) is 0 Å². The van der Waals surface area contributed by atoms with Crippen molar-refractivity contribution in [2.75, 3.05) is 7.11 Å². The lowest BCUT2D eigenvalue weighted by Gasteiger charge is -2.51. The first kappa shape index (κ1) is 24.3. The Morgan fingerprint density at radius 3 is 2.47 bits per heavy atom. The van der Waals surface area contributed by atoms with Crippen molar-refractivity contribution in [2.45, 2.75) is 51.1 Å². The van der Waals surface area contributed by atoms with E-state index in [-0.39, 0.29) is 17.9 Å². The van der Waals surface area contributed by atoms with Crippen molar-refractivity contribution in [2.24, 2.45) is 5.41 Å². The van der Waals surface area contributed by atoms with Crippen molar-refractivity contribution in [1.82, 2.24) is 4.90 Å². The highest BCUT2D eigenvalue weighted by atomic mass is 35.5. The van der Waals surface area contributed by atoms with Crippen molar-refractivity contribution in [3.63, 3.8) is 0 Å². The third-order valence-electron chi connectivity index (χ3n) is 6.40. The number of methoxy groups -OCH3 is 1. The van der Waals surface area contributed by atoms with Crippen LogP contribution in [0.3, 0.4) is 0 Å². The molecule has 4 atom stereocenters. The molecule has 0 N–H and O–H groups in total. The molecule has 0 bridgehead atoms. The van der Waals surface area contributed by atoms with Gasteiger partial charge < -0.3 is 14.4 Å². The highest BCUT2D eigenvalue weighted by molar-refractivity contribution is 6.30. The van der Waals surface area contributed by atoms with E-state index in [2.05, 4.69) is 6.58 Å². The van der Waals surface area contributed by atoms with Gasteiger partial charge >= 0.3 is 0 Å². The molecule has 0 saturated carbocycles. The van der Waals surface area contributed by atoms with E-state index in [0.717, 1.165) is 17.4 Å². The maximum absolute atomic E-state index is 14.0. The van der Waals surface area contributed by atoms with Crippen LogP contribution in [0, 0.1) is 5.41 Å². The minimum absolute atomic E-state index is 0.0760. The molecule has 2 aromatic carbocycles. The fourth-order valence-electron chi connectivity index (χ4n) is 4.78. The summed E-state index contributed by atoms with van der Waals surface area (Å²) < 4.78 is 5.33. The highest BCUT2D eigenvalue weighted by Crippen LogP contribution is 2.52. The van der Waals surface area contributed by atoms with Crippen LogP contribution in [0.2, 0.25) is 10.0 Å². The van der Waals surface area contributed by atoms with Gasteiger partial charge in [0.25, 0.3) is 0 Å². The van der Waals surface area contributed by atoms with Gasteiger partial charge in [-0.2, -0.15) is 0 Å². The topological polar surface area (TPSA) is 46.6 Å². The van der Waals surface area contributed by atoms with E-state index in [4.69, 9.17) is 27.9 Å². The van der Waals surface area contributed by atoms with Crippen molar-refractivity contribution < 1.29 is 14.3 Å². The number of aldehydes is 1. The largest absolute Gasteiger partial charge is 0.502 e. The number of carbonyl (C=O) groups excluding carboxylic acids is 2. The molecule has 0 radical (unpaired) electrons. The highest BCUT2D eigenvalue weighted by Gasteiger charge is 2.51. The van der Waals surface area contributed by atoms with Crippen LogP contribution in [0.25, 0.3) is 0 Å². The molecule has 0 spiro atoms. The normalized spacial score (nSPS) is 24.2. The Morgan fingerprint density at radius 2 is 1.91 bits per heavy atom. The molecule has 1 aliphatic rings. The first-order chi connectivity index (χ1) is 15.2. The maximum atomic E-state index is 14.0. The monoisotopic (exact) mass is 473 g/mol. The molecule has 1 aliphatic heterocycles. The number of hydrogen-bond acceptors (Lipinski definition) is 3. The van der Waals surface area contributed by atoms with Crippen molar-refractivity contribution in [1.29, 1.82) is 0 Å². The number of carbonyl (C=O) groups is 2. The predicted molar refractivity (Wildman–Crippen MR) is 129 cm³/mol. The molecular weight excluding hydrogens is 445 g/mol. The Bertz CT molecular complexity index is 991. The van der Waals surface area contributed by atoms with Crippen LogP contribution in [0.15, 0.2) is 60.9 Å². The first-order valence-electron chi connectivity index (χ1n) is 10.7. The van der Waals surface area contributed by atoms with Crippen molar-refractivity contribution in [3.05, 3.63) is 82.0 Å². The quantitative estimate of drug-likeness (QED) is 0.321. The second-order valence-corrected chi connectivity index (χ2v) is 9.54. The van der Waals surface area contributed by atoms with E-state index in [1.807, 2.05) is 62.4 Å². The summed E-state index contributed by atoms with van der Waals surface area (Å²) in [6.07, 6.45) is 2.32. The summed E-state index contributed by atoms with van der Waals surface area (Å²) in [6, 6.07) is 14.3. The van der Waals surface area contributed by atoms with Crippen LogP contribution in [0.1, 0.15) is 56.2 Å². The van der Waals surface area contributed by atoms with E-state index >= 15 is 0 Å². The number of benzene rings is 2. The van der Waals surface area contributed by atoms with Crippen LogP contribution in [0.5, 0.6) is 0 Å². The lowest BCUT2D eigenvalue weighted by atomic mass is 9.67. The van der Waals surface area contributed by atoms with Gasteiger partial charge in [0.15, 0.2) is 0 Å². The van der Waals surface area contributed by atoms with Crippen LogP contribution in [-0.2, 0) is 14.3 Å². The number of ether oxygens (including phenoxy) is 1. The van der Waals surface area contributed by atoms with Gasteiger partial charge in [-0.15, -0.1) is 0 Å². The number of allylic oxidation sites excluding steroid dienone is 1. The molecule has 3 rings (SSSR count). The zero-order chi connectivity index (χ0) is 23.5. The number of halogens is 2. The third kappa shape index (κ3) is 4.87. The Balaban J connectivity index is 2.22. The molecule has 170 valence electrons. The van der Waals surface area contributed by atoms with Gasteiger partial charge in [0, 0.05) is 22.4 Å². The van der Waals surface area contributed by atoms with Crippen molar-refractivity contribution >= 4 is 35.4 Å². The third-order valence-corrected chi connectivity index (χ3v) is 6.89. The average Bonchev–Trinajstić information content (AvgIpc) is 2.78. The van der Waals surface area contributed by atoms with Crippen molar-refractivity contribution in [3.8, 4) is 0 Å². The molecule has 1 amide bonds. The molecule has 6 heteroatoms. The van der Waals surface area contributed by atoms with Gasteiger partial charge in [-0.1, -0.05) is 67.9 Å². The second-order valence-electron chi connectivity index (χ2n) is 8.67. The average molecular weight is 474 g/mol. The van der Waals surface area contributed by atoms with E-state index in [0.29, 0.717) is 35.1 Å². The second kappa shape index (κ2) is 10.1. The van der Waals surface area contributed by atoms with Gasteiger partial charge in [0.05, 0.1) is 30.4 Å². The smallest absolute Gasteiger partial charge is 0.230 e. The summed E-state index contributed by atoms with van der Waals surface area (Å²) >= 11 is 12.5. The fourth-order valence-corrected chi connectivity index (χ4v) is 5.10. The van der Waals surface area contributed by atoms with Crippen LogP contribution in [-0.4, -0.2) is 30.2 Å². The Kier molecular flexibility index (Phi) is 7.68. The molecule has 4 nitrogen and oxygen atoms in total. The molecular formula is C26H29Cl2NO3. The molecule has 32 heavy (non-hydrogen) atoms. The van der Waals surface area contributed by atoms with Crippen LogP contribution < -0.4 is 0 Å². The maximum Gasteiger partial charge on any atom is 0.230 e. The summed E-state index contributed by atoms with van der Waals surface area (Å²) in [5, 5.41) is 1.25. The molecule has 1 saturated heterocycles. The SMILES string of the molecule is C=C(C[C@@]1(C)C[C@H](c2cccc(Cl)c2)[C@@H](c2ccc(Cl)cc2)N([C@H](C=O)CC)C1=O)OC. The fraction of sp³-hybridized carbons (Fsp3) is 0.385. The number of likely N-dealkylation sites (tertiary alicyclic amines) is 1. The zero-order valence-corrected chi connectivity index (χ0v) is 20.2. The summed E-state index contributed by atoms with van der Waals surface area (Å²) in [5.41, 5.74) is 1.17. The lowest BCUT2D eigenvalue weighted by molar-refractivity contribution is -0.156. The number of nitrogens with zero attached hydrogens (tertiary/aromatic N) is 1. The molecule has 2 aromatic rings. The molecule has 1 heterocycles. The summed E-state index contributed by atoms with van der Waals surface area (Å²) in [5.74, 6) is 0.374. The lowest BCUT2D eigenvalue weighted by Crippen LogP contribution is -2.56. The van der Waals surface area contributed by atoms with E-state index in [1.54, 1.807) is 12.0 Å². The van der Waals surface area contributed by atoms with Gasteiger partial charge in [0.1, 0.15) is 6.29 Å². The number of piperidine rings is 1. The summed E-state index contributed by atoms with van der Waals surface area (Å²) in [7, 11) is 1.56. The van der Waals surface area contributed by atoms with E-state index in [1.165, 1.54) is 0 Å². The standard InChI is InChI=1S/C26H29Cl2NO3/c1-5-22(16-30)29-24(18-9-11-20(27)12-10-18)23(19-7-6-8-21(28)13-19)15-26(3,25(29)31)14-17(2)32-4/h6-13,16,22-24H,2,5,14-15H2,1,3-4H3/t22-,23+,24+,26-/m0/s1. The minimum atomic E-state index is -0.778. The Morgan fingerprint density at radius 1 is 1.22 bits per heavy atom. The van der Waals surface area contributed by atoms with Gasteiger partial charge in [-0.25, -0.2) is 0 Å².